The molecule has 186 valence electrons. The van der Waals surface area contributed by atoms with E-state index < -0.39 is 5.41 Å². The number of rotatable bonds is 10. The second-order valence-electron chi connectivity index (χ2n) is 9.35. The number of ether oxygens (including phenoxy) is 1. The maximum Gasteiger partial charge on any atom is 0.240 e. The van der Waals surface area contributed by atoms with Gasteiger partial charge >= 0.3 is 0 Å². The van der Waals surface area contributed by atoms with Crippen LogP contribution in [0.15, 0.2) is 54.7 Å². The van der Waals surface area contributed by atoms with Crippen molar-refractivity contribution in [1.82, 2.24) is 19.7 Å². The smallest absolute Gasteiger partial charge is 0.240 e. The third-order valence-electron chi connectivity index (χ3n) is 7.00. The minimum Gasteiger partial charge on any atom is -0.379 e. The van der Waals surface area contributed by atoms with E-state index >= 15 is 0 Å². The number of amides is 3. The molecular formula is C27H34N4O4. The molecule has 3 heterocycles. The predicted molar refractivity (Wildman–Crippen MR) is 132 cm³/mol. The van der Waals surface area contributed by atoms with Crippen LogP contribution in [0.1, 0.15) is 30.5 Å². The average Bonchev–Trinajstić information content (AvgIpc) is 3.13. The maximum atomic E-state index is 13.7. The number of aromatic nitrogens is 1. The summed E-state index contributed by atoms with van der Waals surface area (Å²) in [5.74, 6) is -0.652. The van der Waals surface area contributed by atoms with Gasteiger partial charge in [0.2, 0.25) is 17.7 Å². The first-order valence-electron chi connectivity index (χ1n) is 12.3. The largest absolute Gasteiger partial charge is 0.379 e. The van der Waals surface area contributed by atoms with E-state index in [0.29, 0.717) is 18.5 Å². The van der Waals surface area contributed by atoms with E-state index in [2.05, 4.69) is 9.88 Å². The summed E-state index contributed by atoms with van der Waals surface area (Å²) < 4.78 is 5.39. The Morgan fingerprint density at radius 2 is 1.80 bits per heavy atom. The van der Waals surface area contributed by atoms with Crippen molar-refractivity contribution >= 4 is 17.7 Å². The first-order valence-corrected chi connectivity index (χ1v) is 12.3. The van der Waals surface area contributed by atoms with Crippen LogP contribution in [0.5, 0.6) is 0 Å². The summed E-state index contributed by atoms with van der Waals surface area (Å²) >= 11 is 0. The van der Waals surface area contributed by atoms with E-state index in [4.69, 9.17) is 4.74 Å². The lowest BCUT2D eigenvalue weighted by Gasteiger charge is -2.30. The van der Waals surface area contributed by atoms with Gasteiger partial charge in [0, 0.05) is 70.9 Å². The first kappa shape index (κ1) is 25.0. The summed E-state index contributed by atoms with van der Waals surface area (Å²) in [5.41, 5.74) is 0.369. The van der Waals surface area contributed by atoms with Gasteiger partial charge in [0.15, 0.2) is 0 Å². The molecule has 2 saturated heterocycles. The summed E-state index contributed by atoms with van der Waals surface area (Å²) in [6.07, 6.45) is 3.02. The van der Waals surface area contributed by atoms with Crippen molar-refractivity contribution in [2.75, 3.05) is 53.0 Å². The van der Waals surface area contributed by atoms with Crippen molar-refractivity contribution in [2.24, 2.45) is 0 Å². The Morgan fingerprint density at radius 1 is 1.06 bits per heavy atom. The number of hydrogen-bond donors (Lipinski definition) is 0. The summed E-state index contributed by atoms with van der Waals surface area (Å²) in [4.78, 5) is 49.7. The predicted octanol–water partition coefficient (Wildman–Crippen LogP) is 1.89. The Bertz CT molecular complexity index is 1010. The zero-order chi connectivity index (χ0) is 24.7. The van der Waals surface area contributed by atoms with Gasteiger partial charge in [-0.3, -0.25) is 29.2 Å². The molecule has 2 aromatic rings. The van der Waals surface area contributed by atoms with Gasteiger partial charge < -0.3 is 9.64 Å². The number of pyridine rings is 1. The van der Waals surface area contributed by atoms with Gasteiger partial charge in [0.1, 0.15) is 0 Å². The molecule has 0 spiro atoms. The third kappa shape index (κ3) is 5.94. The molecule has 0 unspecified atom stereocenters. The number of morpholine rings is 1. The number of imide groups is 1. The molecule has 2 aliphatic heterocycles. The summed E-state index contributed by atoms with van der Waals surface area (Å²) in [6, 6.07) is 14.9. The highest BCUT2D eigenvalue weighted by Crippen LogP contribution is 2.40. The van der Waals surface area contributed by atoms with E-state index in [1.807, 2.05) is 48.5 Å². The van der Waals surface area contributed by atoms with Crippen LogP contribution in [0.2, 0.25) is 0 Å². The Balaban J connectivity index is 1.44. The van der Waals surface area contributed by atoms with Crippen LogP contribution in [0.25, 0.3) is 0 Å². The van der Waals surface area contributed by atoms with Crippen molar-refractivity contribution < 1.29 is 19.1 Å². The Kier molecular flexibility index (Phi) is 8.25. The van der Waals surface area contributed by atoms with Gasteiger partial charge in [-0.05, 0) is 24.1 Å². The zero-order valence-corrected chi connectivity index (χ0v) is 20.4. The molecule has 35 heavy (non-hydrogen) atoms. The Labute approximate surface area is 206 Å². The lowest BCUT2D eigenvalue weighted by Crippen LogP contribution is -2.43. The maximum absolute atomic E-state index is 13.7. The van der Waals surface area contributed by atoms with Crippen molar-refractivity contribution in [2.45, 2.75) is 31.1 Å². The number of carbonyl (C=O) groups excluding carboxylic acids is 3. The fourth-order valence-electron chi connectivity index (χ4n) is 4.90. The van der Waals surface area contributed by atoms with Gasteiger partial charge in [-0.2, -0.15) is 0 Å². The third-order valence-corrected chi connectivity index (χ3v) is 7.00. The molecular weight excluding hydrogens is 444 g/mol. The highest BCUT2D eigenvalue weighted by atomic mass is 16.5. The van der Waals surface area contributed by atoms with Crippen molar-refractivity contribution in [3.63, 3.8) is 0 Å². The van der Waals surface area contributed by atoms with E-state index in [1.165, 1.54) is 4.90 Å². The van der Waals surface area contributed by atoms with Gasteiger partial charge in [-0.15, -0.1) is 0 Å². The van der Waals surface area contributed by atoms with Gasteiger partial charge in [-0.1, -0.05) is 36.4 Å². The molecule has 3 amide bonds. The van der Waals surface area contributed by atoms with E-state index in [-0.39, 0.29) is 37.1 Å². The molecule has 0 saturated carbocycles. The van der Waals surface area contributed by atoms with Gasteiger partial charge in [0.25, 0.3) is 0 Å². The fraction of sp³-hybridized carbons (Fsp3) is 0.481. The molecule has 2 aliphatic rings. The Morgan fingerprint density at radius 3 is 2.51 bits per heavy atom. The monoisotopic (exact) mass is 478 g/mol. The molecule has 0 radical (unpaired) electrons. The van der Waals surface area contributed by atoms with Crippen LogP contribution in [-0.4, -0.2) is 90.4 Å². The molecule has 8 nitrogen and oxygen atoms in total. The molecule has 4 rings (SSSR count). The zero-order valence-electron chi connectivity index (χ0n) is 20.4. The topological polar surface area (TPSA) is 83.1 Å². The Hall–Kier alpha value is -3.10. The highest BCUT2D eigenvalue weighted by Gasteiger charge is 2.53. The summed E-state index contributed by atoms with van der Waals surface area (Å²) in [6.45, 7) is 5.10. The molecule has 0 N–H and O–H groups in total. The minimum atomic E-state index is -1.17. The molecule has 1 aromatic carbocycles. The molecule has 0 bridgehead atoms. The van der Waals surface area contributed by atoms with Gasteiger partial charge in [0.05, 0.1) is 18.6 Å². The lowest BCUT2D eigenvalue weighted by atomic mass is 9.75. The van der Waals surface area contributed by atoms with E-state index in [1.54, 1.807) is 18.1 Å². The number of likely N-dealkylation sites (tertiary alicyclic amines) is 1. The van der Waals surface area contributed by atoms with E-state index in [0.717, 1.165) is 45.0 Å². The second-order valence-corrected chi connectivity index (χ2v) is 9.35. The number of hydrogen-bond acceptors (Lipinski definition) is 6. The standard InChI is InChI=1S/C27H34N4O4/c1-29(13-7-14-30-16-18-35-19-17-30)24(32)20-27(22-8-3-2-4-9-22)21-25(33)31(26(27)34)15-11-23-10-5-6-12-28-23/h2-6,8-10,12H,7,11,13-21H2,1H3/t27-/m0/s1. The molecule has 0 aliphatic carbocycles. The number of benzene rings is 1. The van der Waals surface area contributed by atoms with E-state index in [9.17, 15) is 14.4 Å². The van der Waals surface area contributed by atoms with Gasteiger partial charge in [-0.25, -0.2) is 0 Å². The van der Waals surface area contributed by atoms with Crippen molar-refractivity contribution in [3.05, 3.63) is 66.0 Å². The van der Waals surface area contributed by atoms with Crippen LogP contribution in [-0.2, 0) is 31.0 Å². The second kappa shape index (κ2) is 11.6. The SMILES string of the molecule is CN(CCCN1CCOCC1)C(=O)C[C@@]1(c2ccccc2)CC(=O)N(CCc2ccccn2)C1=O. The fourth-order valence-corrected chi connectivity index (χ4v) is 4.90. The van der Waals surface area contributed by atoms with Crippen LogP contribution in [0.4, 0.5) is 0 Å². The quantitative estimate of drug-likeness (QED) is 0.485. The van der Waals surface area contributed by atoms with Crippen LogP contribution in [0, 0.1) is 0 Å². The van der Waals surface area contributed by atoms with Crippen molar-refractivity contribution in [1.29, 1.82) is 0 Å². The summed E-state index contributed by atoms with van der Waals surface area (Å²) in [7, 11) is 1.78. The average molecular weight is 479 g/mol. The number of carbonyl (C=O) groups is 3. The lowest BCUT2D eigenvalue weighted by molar-refractivity contribution is -0.142. The molecule has 2 fully saturated rings. The first-order chi connectivity index (χ1) is 17.0. The summed E-state index contributed by atoms with van der Waals surface area (Å²) in [5, 5.41) is 0. The van der Waals surface area contributed by atoms with Crippen molar-refractivity contribution in [3.8, 4) is 0 Å². The highest BCUT2D eigenvalue weighted by molar-refractivity contribution is 6.10. The van der Waals surface area contributed by atoms with Crippen LogP contribution < -0.4 is 0 Å². The van der Waals surface area contributed by atoms with Crippen LogP contribution in [0.3, 0.4) is 0 Å². The normalized spacial score (nSPS) is 20.9. The number of nitrogens with zero attached hydrogens (tertiary/aromatic N) is 4. The minimum absolute atomic E-state index is 0.00538. The van der Waals surface area contributed by atoms with Crippen LogP contribution >= 0.6 is 0 Å². The molecule has 1 aromatic heterocycles. The molecule has 8 heteroatoms. The molecule has 1 atom stereocenters.